The van der Waals surface area contributed by atoms with Gasteiger partial charge in [0.1, 0.15) is 11.5 Å². The van der Waals surface area contributed by atoms with Crippen LogP contribution in [0.15, 0.2) is 54.6 Å². The van der Waals surface area contributed by atoms with E-state index >= 15 is 0 Å². The number of fused-ring (bicyclic) bond motifs is 1. The Labute approximate surface area is 167 Å². The van der Waals surface area contributed by atoms with Crippen molar-refractivity contribution < 1.29 is 9.47 Å². The molecule has 1 atom stereocenters. The molecular weight excluding hydrogens is 346 g/mol. The third-order valence-corrected chi connectivity index (χ3v) is 6.29. The Morgan fingerprint density at radius 3 is 1.86 bits per heavy atom. The summed E-state index contributed by atoms with van der Waals surface area (Å²) in [5, 5.41) is 0. The van der Waals surface area contributed by atoms with Crippen molar-refractivity contribution in [1.29, 1.82) is 0 Å². The first-order valence-corrected chi connectivity index (χ1v) is 9.59. The van der Waals surface area contributed by atoms with Crippen LogP contribution in [0.2, 0.25) is 0 Å². The Bertz CT molecular complexity index is 1060. The highest BCUT2D eigenvalue weighted by molar-refractivity contribution is 5.90. The van der Waals surface area contributed by atoms with E-state index in [1.165, 1.54) is 39.2 Å². The normalized spacial score (nSPS) is 18.0. The van der Waals surface area contributed by atoms with Gasteiger partial charge in [0.25, 0.3) is 0 Å². The van der Waals surface area contributed by atoms with Gasteiger partial charge in [-0.3, -0.25) is 0 Å². The fourth-order valence-electron chi connectivity index (χ4n) is 4.51. The fraction of sp³-hybridized carbons (Fsp3) is 0.280. The lowest BCUT2D eigenvalue weighted by Gasteiger charge is -2.25. The lowest BCUT2D eigenvalue weighted by Crippen LogP contribution is -2.19. The van der Waals surface area contributed by atoms with E-state index in [9.17, 15) is 0 Å². The van der Waals surface area contributed by atoms with E-state index in [1.807, 2.05) is 24.3 Å². The van der Waals surface area contributed by atoms with Crippen LogP contribution in [0.1, 0.15) is 40.6 Å². The largest absolute Gasteiger partial charge is 0.497 e. The van der Waals surface area contributed by atoms with Crippen LogP contribution < -0.4 is 9.47 Å². The lowest BCUT2D eigenvalue weighted by atomic mass is 9.78. The number of allylic oxidation sites excluding steroid dienone is 1. The Kier molecular flexibility index (Phi) is 4.34. The first kappa shape index (κ1) is 18.4. The monoisotopic (exact) mass is 373 g/mol. The maximum absolute atomic E-state index is 5.36. The van der Waals surface area contributed by atoms with Gasteiger partial charge in [0.05, 0.1) is 14.2 Å². The molecular formula is C25H27NO2. The van der Waals surface area contributed by atoms with Crippen molar-refractivity contribution in [3.8, 4) is 11.5 Å². The first-order valence-electron chi connectivity index (χ1n) is 9.59. The van der Waals surface area contributed by atoms with Gasteiger partial charge in [0.15, 0.2) is 0 Å². The standard InChI is InChI=1S/C25H27NO2/c1-16-23-22(18-7-11-20(27-5)12-8-18)15-25(3,24(23)17(2)26(16)4)19-9-13-21(28-6)14-10-19/h7-15H,1-6H3. The minimum atomic E-state index is -0.188. The molecule has 0 radical (unpaired) electrons. The quantitative estimate of drug-likeness (QED) is 0.610. The third kappa shape index (κ3) is 2.57. The predicted molar refractivity (Wildman–Crippen MR) is 114 cm³/mol. The van der Waals surface area contributed by atoms with E-state index in [1.54, 1.807) is 14.2 Å². The van der Waals surface area contributed by atoms with Gasteiger partial charge < -0.3 is 14.0 Å². The number of hydrogen-bond acceptors (Lipinski definition) is 2. The molecule has 1 aliphatic rings. The van der Waals surface area contributed by atoms with Crippen LogP contribution in [0.3, 0.4) is 0 Å². The van der Waals surface area contributed by atoms with Crippen molar-refractivity contribution in [3.63, 3.8) is 0 Å². The van der Waals surface area contributed by atoms with Crippen LogP contribution in [-0.4, -0.2) is 18.8 Å². The average Bonchev–Trinajstić information content (AvgIpc) is 3.17. The van der Waals surface area contributed by atoms with Gasteiger partial charge in [0.2, 0.25) is 0 Å². The molecule has 2 aromatic carbocycles. The molecule has 0 aliphatic heterocycles. The van der Waals surface area contributed by atoms with Gasteiger partial charge >= 0.3 is 0 Å². The second-order valence-electron chi connectivity index (χ2n) is 7.70. The molecule has 3 aromatic rings. The average molecular weight is 373 g/mol. The van der Waals surface area contributed by atoms with E-state index in [-0.39, 0.29) is 5.41 Å². The molecule has 1 heterocycles. The highest BCUT2D eigenvalue weighted by Crippen LogP contribution is 2.50. The van der Waals surface area contributed by atoms with Crippen molar-refractivity contribution in [2.75, 3.05) is 14.2 Å². The van der Waals surface area contributed by atoms with Crippen LogP contribution in [-0.2, 0) is 12.5 Å². The summed E-state index contributed by atoms with van der Waals surface area (Å²) in [5.41, 5.74) is 8.94. The summed E-state index contributed by atoms with van der Waals surface area (Å²) in [6.45, 7) is 6.75. The number of aromatic nitrogens is 1. The van der Waals surface area contributed by atoms with Gasteiger partial charge in [-0.2, -0.15) is 0 Å². The maximum Gasteiger partial charge on any atom is 0.118 e. The zero-order chi connectivity index (χ0) is 20.1. The van der Waals surface area contributed by atoms with Gasteiger partial charge in [-0.25, -0.2) is 0 Å². The predicted octanol–water partition coefficient (Wildman–Crippen LogP) is 5.41. The van der Waals surface area contributed by atoms with Gasteiger partial charge in [0, 0.05) is 29.4 Å². The summed E-state index contributed by atoms with van der Waals surface area (Å²) in [4.78, 5) is 0. The number of rotatable bonds is 4. The molecule has 1 aromatic heterocycles. The highest BCUT2D eigenvalue weighted by Gasteiger charge is 2.40. The zero-order valence-electron chi connectivity index (χ0n) is 17.5. The van der Waals surface area contributed by atoms with E-state index < -0.39 is 0 Å². The van der Waals surface area contributed by atoms with Gasteiger partial charge in [-0.15, -0.1) is 0 Å². The molecule has 144 valence electrons. The van der Waals surface area contributed by atoms with Crippen molar-refractivity contribution in [1.82, 2.24) is 4.57 Å². The van der Waals surface area contributed by atoms with Gasteiger partial charge in [-0.05, 0) is 67.3 Å². The molecule has 0 saturated carbocycles. The van der Waals surface area contributed by atoms with Crippen LogP contribution in [0.4, 0.5) is 0 Å². The van der Waals surface area contributed by atoms with Crippen molar-refractivity contribution in [3.05, 3.63) is 88.2 Å². The third-order valence-electron chi connectivity index (χ3n) is 6.29. The fourth-order valence-corrected chi connectivity index (χ4v) is 4.51. The molecule has 0 spiro atoms. The Balaban J connectivity index is 1.94. The Morgan fingerprint density at radius 1 is 0.786 bits per heavy atom. The first-order chi connectivity index (χ1) is 13.4. The molecule has 28 heavy (non-hydrogen) atoms. The summed E-state index contributed by atoms with van der Waals surface area (Å²) in [5.74, 6) is 1.76. The van der Waals surface area contributed by atoms with E-state index in [0.717, 1.165) is 11.5 Å². The second-order valence-corrected chi connectivity index (χ2v) is 7.70. The highest BCUT2D eigenvalue weighted by atomic mass is 16.5. The molecule has 0 N–H and O–H groups in total. The molecule has 3 heteroatoms. The van der Waals surface area contributed by atoms with Gasteiger partial charge in [-0.1, -0.05) is 30.3 Å². The molecule has 1 aliphatic carbocycles. The minimum Gasteiger partial charge on any atom is -0.497 e. The minimum absolute atomic E-state index is 0.188. The molecule has 4 rings (SSSR count). The summed E-state index contributed by atoms with van der Waals surface area (Å²) in [6, 6.07) is 16.8. The van der Waals surface area contributed by atoms with Crippen molar-refractivity contribution in [2.24, 2.45) is 7.05 Å². The number of hydrogen-bond donors (Lipinski definition) is 0. The van der Waals surface area contributed by atoms with Crippen LogP contribution in [0.5, 0.6) is 11.5 Å². The maximum atomic E-state index is 5.36. The summed E-state index contributed by atoms with van der Waals surface area (Å²) < 4.78 is 13.0. The topological polar surface area (TPSA) is 23.4 Å². The molecule has 0 amide bonds. The van der Waals surface area contributed by atoms with E-state index in [0.29, 0.717) is 0 Å². The Hall–Kier alpha value is -2.94. The summed E-state index contributed by atoms with van der Waals surface area (Å²) >= 11 is 0. The van der Waals surface area contributed by atoms with Crippen LogP contribution >= 0.6 is 0 Å². The number of nitrogens with zero attached hydrogens (tertiary/aromatic N) is 1. The number of methoxy groups -OCH3 is 2. The second kappa shape index (κ2) is 6.59. The van der Waals surface area contributed by atoms with Crippen molar-refractivity contribution in [2.45, 2.75) is 26.2 Å². The number of ether oxygens (including phenoxy) is 2. The summed E-state index contributed by atoms with van der Waals surface area (Å²) in [6.07, 6.45) is 2.42. The Morgan fingerprint density at radius 2 is 1.32 bits per heavy atom. The van der Waals surface area contributed by atoms with Crippen LogP contribution in [0, 0.1) is 13.8 Å². The molecule has 0 bridgehead atoms. The number of benzene rings is 2. The summed E-state index contributed by atoms with van der Waals surface area (Å²) in [7, 11) is 5.56. The smallest absolute Gasteiger partial charge is 0.118 e. The van der Waals surface area contributed by atoms with E-state index in [2.05, 4.69) is 62.7 Å². The molecule has 0 saturated heterocycles. The lowest BCUT2D eigenvalue weighted by molar-refractivity contribution is 0.414. The SMILES string of the molecule is COc1ccc(C2=CC(C)(c3ccc(OC)cc3)c3c2c(C)n(C)c3C)cc1. The zero-order valence-corrected chi connectivity index (χ0v) is 17.5. The van der Waals surface area contributed by atoms with Crippen molar-refractivity contribution >= 4 is 5.57 Å². The van der Waals surface area contributed by atoms with E-state index in [4.69, 9.17) is 9.47 Å². The van der Waals surface area contributed by atoms with Crippen LogP contribution in [0.25, 0.3) is 5.57 Å². The molecule has 3 nitrogen and oxygen atoms in total. The molecule has 1 unspecified atom stereocenters. The molecule has 0 fully saturated rings.